The molecule has 0 fully saturated rings. The van der Waals surface area contributed by atoms with Gasteiger partial charge >= 0.3 is 11.9 Å². The van der Waals surface area contributed by atoms with E-state index in [9.17, 15) is 19.2 Å². The van der Waals surface area contributed by atoms with Crippen molar-refractivity contribution in [3.63, 3.8) is 0 Å². The second-order valence-electron chi connectivity index (χ2n) is 7.55. The maximum atomic E-state index is 12.6. The first kappa shape index (κ1) is 23.5. The van der Waals surface area contributed by atoms with Crippen LogP contribution in [-0.2, 0) is 31.9 Å². The van der Waals surface area contributed by atoms with Gasteiger partial charge in [-0.25, -0.2) is 9.59 Å². The van der Waals surface area contributed by atoms with Gasteiger partial charge in [-0.1, -0.05) is 0 Å². The molecule has 0 saturated heterocycles. The Hall–Kier alpha value is -3.20. The number of carbonyl (C=O) groups is 4. The Kier molecular flexibility index (Phi) is 7.99. The van der Waals surface area contributed by atoms with E-state index in [1.165, 1.54) is 11.3 Å². The zero-order valence-electron chi connectivity index (χ0n) is 18.0. The Labute approximate surface area is 189 Å². The minimum Gasteiger partial charge on any atom is -0.482 e. The summed E-state index contributed by atoms with van der Waals surface area (Å²) in [5.41, 5.74) is 1.83. The highest BCUT2D eigenvalue weighted by Gasteiger charge is 2.28. The highest BCUT2D eigenvalue weighted by atomic mass is 32.1. The summed E-state index contributed by atoms with van der Waals surface area (Å²) in [4.78, 5) is 48.6. The molecular weight excluding hydrogens is 434 g/mol. The standard InChI is InChI=1S/C23H25NO7S/c1-14(2)31-23(28)21-17-5-3-4-6-18(17)32-22(21)24-19(26)12-30-20(27)13-29-16-9-7-15(11-25)8-10-16/h7-11,14H,3-6,12-13H2,1-2H3,(H,24,26). The molecule has 8 nitrogen and oxygen atoms in total. The zero-order valence-corrected chi connectivity index (χ0v) is 18.8. The van der Waals surface area contributed by atoms with Gasteiger partial charge in [0.25, 0.3) is 5.91 Å². The van der Waals surface area contributed by atoms with Gasteiger partial charge < -0.3 is 19.5 Å². The molecule has 1 aromatic heterocycles. The lowest BCUT2D eigenvalue weighted by atomic mass is 9.95. The summed E-state index contributed by atoms with van der Waals surface area (Å²) < 4.78 is 15.6. The molecule has 1 N–H and O–H groups in total. The van der Waals surface area contributed by atoms with Crippen molar-refractivity contribution in [1.82, 2.24) is 0 Å². The molecule has 170 valence electrons. The maximum Gasteiger partial charge on any atom is 0.344 e. The van der Waals surface area contributed by atoms with Crippen LogP contribution in [0.1, 0.15) is 57.8 Å². The van der Waals surface area contributed by atoms with Gasteiger partial charge in [-0.05, 0) is 69.4 Å². The summed E-state index contributed by atoms with van der Waals surface area (Å²) in [6.07, 6.45) is 4.07. The number of esters is 2. The average molecular weight is 460 g/mol. The van der Waals surface area contributed by atoms with Crippen molar-refractivity contribution < 1.29 is 33.4 Å². The first-order valence-electron chi connectivity index (χ1n) is 10.4. The molecule has 0 radical (unpaired) electrons. The summed E-state index contributed by atoms with van der Waals surface area (Å²) in [5.74, 6) is -1.33. The zero-order chi connectivity index (χ0) is 23.1. The van der Waals surface area contributed by atoms with Crippen molar-refractivity contribution in [2.75, 3.05) is 18.5 Å². The predicted molar refractivity (Wildman–Crippen MR) is 118 cm³/mol. The van der Waals surface area contributed by atoms with Crippen molar-refractivity contribution >= 4 is 40.5 Å². The molecule has 1 heterocycles. The number of nitrogens with one attached hydrogen (secondary N) is 1. The fraction of sp³-hybridized carbons (Fsp3) is 0.391. The lowest BCUT2D eigenvalue weighted by molar-refractivity contribution is -0.149. The molecule has 0 unspecified atom stereocenters. The van der Waals surface area contributed by atoms with E-state index in [1.807, 2.05) is 0 Å². The van der Waals surface area contributed by atoms with E-state index in [0.29, 0.717) is 28.2 Å². The van der Waals surface area contributed by atoms with Gasteiger partial charge in [0.05, 0.1) is 11.7 Å². The quantitative estimate of drug-likeness (QED) is 0.451. The number of fused-ring (bicyclic) bond motifs is 1. The van der Waals surface area contributed by atoms with Crippen LogP contribution in [-0.4, -0.2) is 43.4 Å². The molecule has 0 saturated carbocycles. The van der Waals surface area contributed by atoms with Crippen LogP contribution in [0.15, 0.2) is 24.3 Å². The van der Waals surface area contributed by atoms with Gasteiger partial charge in [-0.15, -0.1) is 11.3 Å². The number of anilines is 1. The number of hydrogen-bond acceptors (Lipinski definition) is 8. The van der Waals surface area contributed by atoms with Crippen LogP contribution in [0.25, 0.3) is 0 Å². The maximum absolute atomic E-state index is 12.6. The van der Waals surface area contributed by atoms with E-state index in [1.54, 1.807) is 38.1 Å². The fourth-order valence-electron chi connectivity index (χ4n) is 3.28. The molecule has 3 rings (SSSR count). The first-order chi connectivity index (χ1) is 15.4. The third-order valence-corrected chi connectivity index (χ3v) is 5.92. The predicted octanol–water partition coefficient (Wildman–Crippen LogP) is 3.57. The SMILES string of the molecule is CC(C)OC(=O)c1c(NC(=O)COC(=O)COc2ccc(C=O)cc2)sc2c1CCCC2. The smallest absolute Gasteiger partial charge is 0.344 e. The van der Waals surface area contributed by atoms with Gasteiger partial charge in [-0.3, -0.25) is 9.59 Å². The average Bonchev–Trinajstić information content (AvgIpc) is 3.14. The number of benzene rings is 1. The third-order valence-electron chi connectivity index (χ3n) is 4.71. The van der Waals surface area contributed by atoms with Gasteiger partial charge in [0.2, 0.25) is 0 Å². The lowest BCUT2D eigenvalue weighted by Gasteiger charge is -2.14. The number of carbonyl (C=O) groups excluding carboxylic acids is 4. The Morgan fingerprint density at radius 1 is 1.09 bits per heavy atom. The van der Waals surface area contributed by atoms with Crippen molar-refractivity contribution in [3.8, 4) is 5.75 Å². The molecule has 9 heteroatoms. The van der Waals surface area contributed by atoms with E-state index < -0.39 is 24.5 Å². The van der Waals surface area contributed by atoms with E-state index in [0.717, 1.165) is 36.1 Å². The summed E-state index contributed by atoms with van der Waals surface area (Å²) in [5, 5.41) is 3.12. The van der Waals surface area contributed by atoms with Crippen LogP contribution >= 0.6 is 11.3 Å². The van der Waals surface area contributed by atoms with Gasteiger partial charge in [0, 0.05) is 10.4 Å². The molecular formula is C23H25NO7S. The second kappa shape index (κ2) is 10.9. The number of aryl methyl sites for hydroxylation is 1. The van der Waals surface area contributed by atoms with E-state index in [-0.39, 0.29) is 12.7 Å². The Bertz CT molecular complexity index is 995. The van der Waals surface area contributed by atoms with Crippen LogP contribution in [0.4, 0.5) is 5.00 Å². The Morgan fingerprint density at radius 2 is 1.81 bits per heavy atom. The number of thiophene rings is 1. The molecule has 1 aliphatic carbocycles. The number of hydrogen-bond donors (Lipinski definition) is 1. The van der Waals surface area contributed by atoms with Crippen molar-refractivity contribution in [1.29, 1.82) is 0 Å². The van der Waals surface area contributed by atoms with Crippen LogP contribution < -0.4 is 10.1 Å². The van der Waals surface area contributed by atoms with Gasteiger partial charge in [0.1, 0.15) is 17.0 Å². The number of ether oxygens (including phenoxy) is 3. The highest BCUT2D eigenvalue weighted by Crippen LogP contribution is 2.38. The topological polar surface area (TPSA) is 108 Å². The second-order valence-corrected chi connectivity index (χ2v) is 8.66. The number of rotatable bonds is 9. The fourth-order valence-corrected chi connectivity index (χ4v) is 4.57. The molecule has 1 aromatic carbocycles. The van der Waals surface area contributed by atoms with Crippen LogP contribution in [0.3, 0.4) is 0 Å². The third kappa shape index (κ3) is 6.16. The van der Waals surface area contributed by atoms with E-state index >= 15 is 0 Å². The summed E-state index contributed by atoms with van der Waals surface area (Å²) >= 11 is 1.37. The van der Waals surface area contributed by atoms with Crippen LogP contribution in [0, 0.1) is 0 Å². The van der Waals surface area contributed by atoms with Crippen molar-refractivity contribution in [2.45, 2.75) is 45.6 Å². The summed E-state index contributed by atoms with van der Waals surface area (Å²) in [7, 11) is 0. The molecule has 0 atom stereocenters. The molecule has 1 amide bonds. The van der Waals surface area contributed by atoms with Crippen LogP contribution in [0.5, 0.6) is 5.75 Å². The highest BCUT2D eigenvalue weighted by molar-refractivity contribution is 7.17. The minimum atomic E-state index is -0.718. The van der Waals surface area contributed by atoms with Gasteiger partial charge in [-0.2, -0.15) is 0 Å². The van der Waals surface area contributed by atoms with Crippen molar-refractivity contribution in [2.24, 2.45) is 0 Å². The minimum absolute atomic E-state index is 0.277. The number of amides is 1. The molecule has 0 bridgehead atoms. The Balaban J connectivity index is 1.55. The molecule has 2 aromatic rings. The first-order valence-corrected chi connectivity index (χ1v) is 11.2. The van der Waals surface area contributed by atoms with Gasteiger partial charge in [0.15, 0.2) is 13.2 Å². The van der Waals surface area contributed by atoms with E-state index in [4.69, 9.17) is 14.2 Å². The molecule has 32 heavy (non-hydrogen) atoms. The molecule has 0 aliphatic heterocycles. The molecule has 0 spiro atoms. The largest absolute Gasteiger partial charge is 0.482 e. The lowest BCUT2D eigenvalue weighted by Crippen LogP contribution is -2.24. The van der Waals surface area contributed by atoms with Crippen molar-refractivity contribution in [3.05, 3.63) is 45.8 Å². The normalized spacial score (nSPS) is 12.6. The number of aldehydes is 1. The van der Waals surface area contributed by atoms with E-state index in [2.05, 4.69) is 5.32 Å². The monoisotopic (exact) mass is 459 g/mol. The van der Waals surface area contributed by atoms with Crippen LogP contribution in [0.2, 0.25) is 0 Å². The molecule has 1 aliphatic rings. The summed E-state index contributed by atoms with van der Waals surface area (Å²) in [6, 6.07) is 6.23. The Morgan fingerprint density at radius 3 is 2.50 bits per heavy atom. The summed E-state index contributed by atoms with van der Waals surface area (Å²) in [6.45, 7) is 2.65.